The number of nitrogens with zero attached hydrogens (tertiary/aromatic N) is 1. The minimum Gasteiger partial charge on any atom is -0.317 e. The van der Waals surface area contributed by atoms with Crippen LogP contribution in [0, 0.1) is 23.7 Å². The van der Waals surface area contributed by atoms with Gasteiger partial charge in [0.1, 0.15) is 0 Å². The van der Waals surface area contributed by atoms with Gasteiger partial charge in [0.15, 0.2) is 0 Å². The topological polar surface area (TPSA) is 15.3 Å². The molecule has 0 heterocycles. The fraction of sp³-hybridized carbons (Fsp3) is 1.00. The van der Waals surface area contributed by atoms with E-state index in [0.717, 1.165) is 29.7 Å². The summed E-state index contributed by atoms with van der Waals surface area (Å²) in [5.74, 6) is 3.35. The number of rotatable bonds is 8. The molecule has 0 amide bonds. The summed E-state index contributed by atoms with van der Waals surface area (Å²) >= 11 is 0. The molecular weight excluding hydrogens is 244 g/mol. The Hall–Kier alpha value is -0.0800. The lowest BCUT2D eigenvalue weighted by atomic mass is 9.76. The maximum Gasteiger partial charge on any atom is 0.0105 e. The standard InChI is InChI=1S/C18H38N2/c1-7-16-8-9-18(19-6)17(10-16)13-20(11-14(2)3)12-15(4)5/h14-19H,7-13H2,1-6H3. The van der Waals surface area contributed by atoms with Gasteiger partial charge in [-0.1, -0.05) is 41.0 Å². The molecule has 3 unspecified atom stereocenters. The molecule has 0 saturated heterocycles. The zero-order chi connectivity index (χ0) is 15.1. The number of hydrogen-bond acceptors (Lipinski definition) is 2. The molecule has 2 nitrogen and oxygen atoms in total. The van der Waals surface area contributed by atoms with Crippen LogP contribution in [0.5, 0.6) is 0 Å². The van der Waals surface area contributed by atoms with Gasteiger partial charge >= 0.3 is 0 Å². The summed E-state index contributed by atoms with van der Waals surface area (Å²) in [7, 11) is 2.15. The minimum absolute atomic E-state index is 0.736. The molecule has 0 aliphatic heterocycles. The van der Waals surface area contributed by atoms with Crippen molar-refractivity contribution < 1.29 is 0 Å². The summed E-state index contributed by atoms with van der Waals surface area (Å²) in [5, 5.41) is 3.58. The van der Waals surface area contributed by atoms with Crippen molar-refractivity contribution in [2.45, 2.75) is 66.3 Å². The van der Waals surface area contributed by atoms with Crippen molar-refractivity contribution >= 4 is 0 Å². The van der Waals surface area contributed by atoms with E-state index in [-0.39, 0.29) is 0 Å². The van der Waals surface area contributed by atoms with Gasteiger partial charge in [-0.3, -0.25) is 0 Å². The molecule has 0 aromatic carbocycles. The molecule has 0 aromatic heterocycles. The predicted octanol–water partition coefficient (Wildman–Crippen LogP) is 4.01. The van der Waals surface area contributed by atoms with Gasteiger partial charge in [-0.25, -0.2) is 0 Å². The van der Waals surface area contributed by atoms with Crippen LogP contribution in [-0.4, -0.2) is 37.6 Å². The Labute approximate surface area is 127 Å². The Morgan fingerprint density at radius 1 is 1.05 bits per heavy atom. The zero-order valence-electron chi connectivity index (χ0n) is 14.8. The van der Waals surface area contributed by atoms with E-state index in [4.69, 9.17) is 0 Å². The molecule has 0 spiro atoms. The first-order valence-corrected chi connectivity index (χ1v) is 8.85. The third kappa shape index (κ3) is 6.13. The lowest BCUT2D eigenvalue weighted by Gasteiger charge is -2.39. The van der Waals surface area contributed by atoms with Crippen LogP contribution < -0.4 is 5.32 Å². The number of nitrogens with one attached hydrogen (secondary N) is 1. The van der Waals surface area contributed by atoms with Gasteiger partial charge in [-0.15, -0.1) is 0 Å². The summed E-state index contributed by atoms with van der Waals surface area (Å²) in [5.41, 5.74) is 0. The Morgan fingerprint density at radius 3 is 2.10 bits per heavy atom. The summed E-state index contributed by atoms with van der Waals surface area (Å²) in [6.07, 6.45) is 5.58. The van der Waals surface area contributed by atoms with Gasteiger partial charge in [0.2, 0.25) is 0 Å². The minimum atomic E-state index is 0.736. The van der Waals surface area contributed by atoms with E-state index in [1.165, 1.54) is 45.3 Å². The second-order valence-electron chi connectivity index (χ2n) is 7.75. The summed E-state index contributed by atoms with van der Waals surface area (Å²) in [6.45, 7) is 15.5. The second-order valence-corrected chi connectivity index (χ2v) is 7.75. The van der Waals surface area contributed by atoms with Crippen LogP contribution in [0.15, 0.2) is 0 Å². The lowest BCUT2D eigenvalue weighted by molar-refractivity contribution is 0.124. The van der Waals surface area contributed by atoms with Gasteiger partial charge in [0.25, 0.3) is 0 Å². The van der Waals surface area contributed by atoms with Crippen LogP contribution in [0.1, 0.15) is 60.3 Å². The van der Waals surface area contributed by atoms with E-state index in [2.05, 4.69) is 51.9 Å². The molecule has 0 aromatic rings. The van der Waals surface area contributed by atoms with Crippen molar-refractivity contribution in [3.63, 3.8) is 0 Å². The van der Waals surface area contributed by atoms with E-state index in [0.29, 0.717) is 0 Å². The highest BCUT2D eigenvalue weighted by Gasteiger charge is 2.30. The van der Waals surface area contributed by atoms with Crippen LogP contribution in [-0.2, 0) is 0 Å². The van der Waals surface area contributed by atoms with E-state index >= 15 is 0 Å². The van der Waals surface area contributed by atoms with Crippen molar-refractivity contribution in [1.82, 2.24) is 10.2 Å². The maximum atomic E-state index is 3.58. The SMILES string of the molecule is CCC1CCC(NC)C(CN(CC(C)C)CC(C)C)C1. The fourth-order valence-corrected chi connectivity index (χ4v) is 3.90. The van der Waals surface area contributed by atoms with Crippen molar-refractivity contribution in [1.29, 1.82) is 0 Å². The van der Waals surface area contributed by atoms with E-state index in [1.54, 1.807) is 0 Å². The number of hydrogen-bond donors (Lipinski definition) is 1. The Balaban J connectivity index is 2.61. The van der Waals surface area contributed by atoms with Gasteiger partial charge in [-0.2, -0.15) is 0 Å². The molecule has 1 aliphatic carbocycles. The summed E-state index contributed by atoms with van der Waals surface area (Å²) in [4.78, 5) is 2.72. The fourth-order valence-electron chi connectivity index (χ4n) is 3.90. The van der Waals surface area contributed by atoms with E-state index in [9.17, 15) is 0 Å². The van der Waals surface area contributed by atoms with Crippen LogP contribution in [0.2, 0.25) is 0 Å². The molecule has 1 saturated carbocycles. The first-order chi connectivity index (χ1) is 9.46. The van der Waals surface area contributed by atoms with Crippen LogP contribution in [0.4, 0.5) is 0 Å². The van der Waals surface area contributed by atoms with Crippen molar-refractivity contribution in [3.8, 4) is 0 Å². The van der Waals surface area contributed by atoms with Gasteiger partial charge < -0.3 is 10.2 Å². The van der Waals surface area contributed by atoms with Crippen LogP contribution in [0.3, 0.4) is 0 Å². The van der Waals surface area contributed by atoms with Gasteiger partial charge in [0.05, 0.1) is 0 Å². The maximum absolute atomic E-state index is 3.58. The third-order valence-electron chi connectivity index (χ3n) is 4.78. The van der Waals surface area contributed by atoms with Gasteiger partial charge in [0, 0.05) is 25.7 Å². The molecule has 1 fully saturated rings. The molecule has 120 valence electrons. The summed E-state index contributed by atoms with van der Waals surface area (Å²) < 4.78 is 0. The van der Waals surface area contributed by atoms with E-state index < -0.39 is 0 Å². The third-order valence-corrected chi connectivity index (χ3v) is 4.78. The summed E-state index contributed by atoms with van der Waals surface area (Å²) in [6, 6.07) is 0.736. The molecule has 1 rings (SSSR count). The average molecular weight is 283 g/mol. The average Bonchev–Trinajstić information content (AvgIpc) is 2.37. The highest BCUT2D eigenvalue weighted by Crippen LogP contribution is 2.32. The highest BCUT2D eigenvalue weighted by molar-refractivity contribution is 4.86. The molecule has 0 bridgehead atoms. The molecule has 0 radical (unpaired) electrons. The lowest BCUT2D eigenvalue weighted by Crippen LogP contribution is -2.46. The second kappa shape index (κ2) is 9.04. The Morgan fingerprint density at radius 2 is 1.65 bits per heavy atom. The molecule has 1 aliphatic rings. The molecule has 2 heteroatoms. The first-order valence-electron chi connectivity index (χ1n) is 8.85. The Bertz CT molecular complexity index is 240. The predicted molar refractivity (Wildman–Crippen MR) is 90.1 cm³/mol. The largest absolute Gasteiger partial charge is 0.317 e. The smallest absolute Gasteiger partial charge is 0.0105 e. The monoisotopic (exact) mass is 282 g/mol. The quantitative estimate of drug-likeness (QED) is 0.723. The Kier molecular flexibility index (Phi) is 8.13. The zero-order valence-corrected chi connectivity index (χ0v) is 14.8. The molecule has 3 atom stereocenters. The van der Waals surface area contributed by atoms with Crippen molar-refractivity contribution in [3.05, 3.63) is 0 Å². The normalized spacial score (nSPS) is 27.8. The van der Waals surface area contributed by atoms with Crippen molar-refractivity contribution in [2.75, 3.05) is 26.7 Å². The molecule has 1 N–H and O–H groups in total. The van der Waals surface area contributed by atoms with Gasteiger partial charge in [-0.05, 0) is 50.0 Å². The van der Waals surface area contributed by atoms with Crippen LogP contribution in [0.25, 0.3) is 0 Å². The van der Waals surface area contributed by atoms with Crippen LogP contribution >= 0.6 is 0 Å². The molecule has 20 heavy (non-hydrogen) atoms. The highest BCUT2D eigenvalue weighted by atomic mass is 15.1. The molecular formula is C18H38N2. The van der Waals surface area contributed by atoms with Crippen molar-refractivity contribution in [2.24, 2.45) is 23.7 Å². The first kappa shape index (κ1) is 18.0. The van der Waals surface area contributed by atoms with E-state index in [1.807, 2.05) is 0 Å².